The molecule has 5 heteroatoms. The van der Waals surface area contributed by atoms with E-state index in [1.54, 1.807) is 18.5 Å². The summed E-state index contributed by atoms with van der Waals surface area (Å²) in [6, 6.07) is 5.82. The van der Waals surface area contributed by atoms with Crippen molar-refractivity contribution in [2.75, 3.05) is 6.26 Å². The lowest BCUT2D eigenvalue weighted by Gasteiger charge is -2.07. The molecule has 0 heterocycles. The van der Waals surface area contributed by atoms with Crippen LogP contribution in [0, 0.1) is 0 Å². The SMILES string of the molecule is CC=S(C)(=O)c1ccc(OC(F)F)cc1. The van der Waals surface area contributed by atoms with Crippen molar-refractivity contribution in [3.8, 4) is 5.75 Å². The molecule has 1 aromatic rings. The van der Waals surface area contributed by atoms with Crippen LogP contribution in [0.2, 0.25) is 0 Å². The summed E-state index contributed by atoms with van der Waals surface area (Å²) in [5, 5.41) is 1.59. The van der Waals surface area contributed by atoms with Crippen molar-refractivity contribution < 1.29 is 17.7 Å². The molecule has 0 aliphatic rings. The Bertz CT molecular complexity index is 431. The molecule has 1 aromatic carbocycles. The fourth-order valence-corrected chi connectivity index (χ4v) is 1.98. The van der Waals surface area contributed by atoms with Crippen LogP contribution in [-0.2, 0) is 9.52 Å². The Morgan fingerprint density at radius 1 is 1.33 bits per heavy atom. The lowest BCUT2D eigenvalue weighted by atomic mass is 10.3. The van der Waals surface area contributed by atoms with Gasteiger partial charge >= 0.3 is 6.61 Å². The van der Waals surface area contributed by atoms with Crippen LogP contribution in [-0.4, -0.2) is 22.4 Å². The third-order valence-electron chi connectivity index (χ3n) is 1.97. The van der Waals surface area contributed by atoms with Crippen molar-refractivity contribution in [1.82, 2.24) is 0 Å². The molecule has 0 saturated heterocycles. The highest BCUT2D eigenvalue weighted by Gasteiger charge is 2.06. The Kier molecular flexibility index (Phi) is 3.68. The van der Waals surface area contributed by atoms with Gasteiger partial charge in [-0.25, -0.2) is 0 Å². The van der Waals surface area contributed by atoms with Gasteiger partial charge in [-0.2, -0.15) is 8.78 Å². The van der Waals surface area contributed by atoms with Gasteiger partial charge < -0.3 is 4.74 Å². The molecular formula is C10H12F2O2S. The summed E-state index contributed by atoms with van der Waals surface area (Å²) in [4.78, 5) is 0.603. The van der Waals surface area contributed by atoms with Gasteiger partial charge in [0.25, 0.3) is 0 Å². The summed E-state index contributed by atoms with van der Waals surface area (Å²) >= 11 is 0. The highest BCUT2D eigenvalue weighted by molar-refractivity contribution is 8.00. The Labute approximate surface area is 87.9 Å². The van der Waals surface area contributed by atoms with Crippen LogP contribution >= 0.6 is 0 Å². The van der Waals surface area contributed by atoms with E-state index in [1.807, 2.05) is 0 Å². The normalized spacial score (nSPS) is 14.7. The molecule has 0 saturated carbocycles. The number of hydrogen-bond donors (Lipinski definition) is 0. The topological polar surface area (TPSA) is 26.3 Å². The van der Waals surface area contributed by atoms with E-state index < -0.39 is 16.1 Å². The van der Waals surface area contributed by atoms with Gasteiger partial charge in [0.1, 0.15) is 5.75 Å². The van der Waals surface area contributed by atoms with E-state index in [0.717, 1.165) is 0 Å². The van der Waals surface area contributed by atoms with Crippen molar-refractivity contribution in [2.24, 2.45) is 0 Å². The average molecular weight is 234 g/mol. The van der Waals surface area contributed by atoms with E-state index in [2.05, 4.69) is 4.74 Å². The lowest BCUT2D eigenvalue weighted by molar-refractivity contribution is -0.0498. The molecule has 0 bridgehead atoms. The fourth-order valence-electron chi connectivity index (χ4n) is 1.03. The van der Waals surface area contributed by atoms with Crippen LogP contribution < -0.4 is 4.74 Å². The first-order chi connectivity index (χ1) is 6.95. The molecule has 0 aromatic heterocycles. The highest BCUT2D eigenvalue weighted by Crippen LogP contribution is 2.17. The maximum atomic E-state index is 11.8. The summed E-state index contributed by atoms with van der Waals surface area (Å²) in [5.41, 5.74) is 0. The van der Waals surface area contributed by atoms with Gasteiger partial charge in [0, 0.05) is 11.2 Å². The highest BCUT2D eigenvalue weighted by atomic mass is 32.2. The summed E-state index contributed by atoms with van der Waals surface area (Å²) in [5.74, 6) is 0.0695. The molecule has 1 unspecified atom stereocenters. The van der Waals surface area contributed by atoms with Crippen molar-refractivity contribution in [3.63, 3.8) is 0 Å². The smallest absolute Gasteiger partial charge is 0.387 e. The minimum Gasteiger partial charge on any atom is -0.435 e. The zero-order chi connectivity index (χ0) is 11.5. The largest absolute Gasteiger partial charge is 0.435 e. The average Bonchev–Trinajstić information content (AvgIpc) is 2.18. The van der Waals surface area contributed by atoms with Gasteiger partial charge in [-0.05, 0) is 46.1 Å². The lowest BCUT2D eigenvalue weighted by Crippen LogP contribution is -2.03. The molecule has 0 N–H and O–H groups in total. The van der Waals surface area contributed by atoms with Crippen LogP contribution in [0.4, 0.5) is 8.78 Å². The minimum atomic E-state index is -2.83. The molecule has 0 aliphatic carbocycles. The van der Waals surface area contributed by atoms with E-state index in [0.29, 0.717) is 4.90 Å². The predicted molar refractivity (Wildman–Crippen MR) is 57.1 cm³/mol. The molecule has 0 amide bonds. The standard InChI is InChI=1S/C10H12F2O2S/c1-3-15(2,13)9-6-4-8(5-7-9)14-10(11)12/h3-7,10H,1-2H3. The van der Waals surface area contributed by atoms with Crippen LogP contribution in [0.5, 0.6) is 5.75 Å². The van der Waals surface area contributed by atoms with Gasteiger partial charge in [0.15, 0.2) is 0 Å². The van der Waals surface area contributed by atoms with Gasteiger partial charge in [0.05, 0.1) is 0 Å². The van der Waals surface area contributed by atoms with Crippen LogP contribution in [0.15, 0.2) is 29.2 Å². The molecule has 2 nitrogen and oxygen atoms in total. The second-order valence-corrected chi connectivity index (χ2v) is 5.74. The van der Waals surface area contributed by atoms with Gasteiger partial charge in [-0.1, -0.05) is 0 Å². The Morgan fingerprint density at radius 3 is 2.27 bits per heavy atom. The Balaban J connectivity index is 2.96. The van der Waals surface area contributed by atoms with Crippen molar-refractivity contribution in [3.05, 3.63) is 24.3 Å². The molecule has 1 atom stereocenters. The molecule has 1 rings (SSSR count). The third kappa shape index (κ3) is 3.20. The van der Waals surface area contributed by atoms with Crippen LogP contribution in [0.3, 0.4) is 0 Å². The van der Waals surface area contributed by atoms with E-state index >= 15 is 0 Å². The first kappa shape index (κ1) is 12.0. The Morgan fingerprint density at radius 2 is 1.87 bits per heavy atom. The van der Waals surface area contributed by atoms with Crippen molar-refractivity contribution in [2.45, 2.75) is 18.4 Å². The zero-order valence-electron chi connectivity index (χ0n) is 8.44. The monoisotopic (exact) mass is 234 g/mol. The van der Waals surface area contributed by atoms with Crippen molar-refractivity contribution >= 4 is 14.9 Å². The van der Waals surface area contributed by atoms with E-state index in [1.165, 1.54) is 24.3 Å². The number of rotatable bonds is 3. The summed E-state index contributed by atoms with van der Waals surface area (Å²) in [6.07, 6.45) is 1.59. The number of alkyl halides is 2. The molecule has 0 fully saturated rings. The number of halogens is 2. The number of hydrogen-bond acceptors (Lipinski definition) is 2. The first-order valence-corrected chi connectivity index (χ1v) is 6.32. The van der Waals surface area contributed by atoms with Crippen LogP contribution in [0.25, 0.3) is 0 Å². The van der Waals surface area contributed by atoms with Gasteiger partial charge in [-0.3, -0.25) is 4.21 Å². The van der Waals surface area contributed by atoms with Gasteiger partial charge in [-0.15, -0.1) is 0 Å². The predicted octanol–water partition coefficient (Wildman–Crippen LogP) is 2.38. The molecule has 15 heavy (non-hydrogen) atoms. The molecular weight excluding hydrogens is 222 g/mol. The van der Waals surface area contributed by atoms with E-state index in [-0.39, 0.29) is 5.75 Å². The minimum absolute atomic E-state index is 0.0695. The fraction of sp³-hybridized carbons (Fsp3) is 0.300. The summed E-state index contributed by atoms with van der Waals surface area (Å²) in [6.45, 7) is -1.13. The molecule has 0 radical (unpaired) electrons. The Hall–Kier alpha value is -1.10. The summed E-state index contributed by atoms with van der Waals surface area (Å²) < 4.78 is 39.7. The number of ether oxygens (including phenoxy) is 1. The third-order valence-corrected chi connectivity index (χ3v) is 4.07. The van der Waals surface area contributed by atoms with E-state index in [4.69, 9.17) is 0 Å². The molecule has 0 aliphatic heterocycles. The molecule has 84 valence electrons. The zero-order valence-corrected chi connectivity index (χ0v) is 9.26. The maximum absolute atomic E-state index is 11.8. The van der Waals surface area contributed by atoms with E-state index in [9.17, 15) is 13.0 Å². The van der Waals surface area contributed by atoms with Gasteiger partial charge in [0.2, 0.25) is 0 Å². The van der Waals surface area contributed by atoms with Crippen LogP contribution in [0.1, 0.15) is 6.92 Å². The number of benzene rings is 1. The molecule has 0 spiro atoms. The summed E-state index contributed by atoms with van der Waals surface area (Å²) in [7, 11) is -2.16. The maximum Gasteiger partial charge on any atom is 0.387 e. The second-order valence-electron chi connectivity index (χ2n) is 2.99. The van der Waals surface area contributed by atoms with Crippen molar-refractivity contribution in [1.29, 1.82) is 0 Å². The second kappa shape index (κ2) is 4.61. The first-order valence-electron chi connectivity index (χ1n) is 4.29. The quantitative estimate of drug-likeness (QED) is 0.751.